The van der Waals surface area contributed by atoms with Crippen molar-refractivity contribution in [1.82, 2.24) is 4.90 Å². The highest BCUT2D eigenvalue weighted by Crippen LogP contribution is 2.23. The Bertz CT molecular complexity index is 1370. The third-order valence-electron chi connectivity index (χ3n) is 5.94. The van der Waals surface area contributed by atoms with Crippen molar-refractivity contribution in [3.8, 4) is 6.07 Å². The van der Waals surface area contributed by atoms with E-state index in [0.717, 1.165) is 22.5 Å². The molecule has 6 nitrogen and oxygen atoms in total. The minimum atomic E-state index is -0.182. The Labute approximate surface area is 211 Å². The van der Waals surface area contributed by atoms with Crippen molar-refractivity contribution in [3.63, 3.8) is 0 Å². The van der Waals surface area contributed by atoms with E-state index in [4.69, 9.17) is 9.68 Å². The molecule has 1 aromatic heterocycles. The quantitative estimate of drug-likeness (QED) is 0.335. The molecule has 0 spiro atoms. The molecule has 0 N–H and O–H groups in total. The summed E-state index contributed by atoms with van der Waals surface area (Å²) >= 11 is 0. The Morgan fingerprint density at radius 1 is 0.889 bits per heavy atom. The standard InChI is InChI=1S/C30H27N3O3/c1-22-8-10-24(11-9-22)20-33(30(35)26-14-12-23(19-31)13-15-26)27-6-3-5-25(17-27)18-29(34)32(2)21-28-7-4-16-36-28/h3-17H,18,20-21H2,1-2H3. The number of rotatable bonds is 8. The number of amides is 2. The summed E-state index contributed by atoms with van der Waals surface area (Å²) in [7, 11) is 1.74. The van der Waals surface area contributed by atoms with Gasteiger partial charge in [-0.2, -0.15) is 5.26 Å². The van der Waals surface area contributed by atoms with Crippen molar-refractivity contribution in [2.75, 3.05) is 11.9 Å². The van der Waals surface area contributed by atoms with Crippen LogP contribution in [0.3, 0.4) is 0 Å². The summed E-state index contributed by atoms with van der Waals surface area (Å²) < 4.78 is 5.35. The number of furan rings is 1. The lowest BCUT2D eigenvalue weighted by molar-refractivity contribution is -0.129. The molecular weight excluding hydrogens is 450 g/mol. The zero-order chi connectivity index (χ0) is 25.5. The van der Waals surface area contributed by atoms with Gasteiger partial charge in [0.25, 0.3) is 5.91 Å². The summed E-state index contributed by atoms with van der Waals surface area (Å²) in [5, 5.41) is 9.10. The molecule has 0 unspecified atom stereocenters. The van der Waals surface area contributed by atoms with Crippen LogP contribution < -0.4 is 4.90 Å². The van der Waals surface area contributed by atoms with Crippen molar-refractivity contribution >= 4 is 17.5 Å². The molecule has 4 rings (SSSR count). The van der Waals surface area contributed by atoms with Crippen LogP contribution in [0.15, 0.2) is 95.6 Å². The van der Waals surface area contributed by atoms with E-state index in [2.05, 4.69) is 6.07 Å². The molecule has 0 radical (unpaired) electrons. The van der Waals surface area contributed by atoms with Crippen LogP contribution in [0.5, 0.6) is 0 Å². The fraction of sp³-hybridized carbons (Fsp3) is 0.167. The number of hydrogen-bond donors (Lipinski definition) is 0. The van der Waals surface area contributed by atoms with Crippen LogP contribution in [-0.2, 0) is 24.3 Å². The molecule has 0 bridgehead atoms. The van der Waals surface area contributed by atoms with Gasteiger partial charge in [-0.05, 0) is 66.6 Å². The molecule has 4 aromatic rings. The maximum Gasteiger partial charge on any atom is 0.258 e. The van der Waals surface area contributed by atoms with Gasteiger partial charge in [0.1, 0.15) is 5.76 Å². The fourth-order valence-corrected chi connectivity index (χ4v) is 3.87. The smallest absolute Gasteiger partial charge is 0.258 e. The van der Waals surface area contributed by atoms with E-state index in [1.807, 2.05) is 61.5 Å². The van der Waals surface area contributed by atoms with Crippen molar-refractivity contribution in [2.24, 2.45) is 0 Å². The van der Waals surface area contributed by atoms with E-state index in [1.54, 1.807) is 53.4 Å². The van der Waals surface area contributed by atoms with Crippen LogP contribution in [0.25, 0.3) is 0 Å². The van der Waals surface area contributed by atoms with Gasteiger partial charge < -0.3 is 14.2 Å². The molecule has 1 heterocycles. The molecular formula is C30H27N3O3. The Hall–Kier alpha value is -4.63. The maximum atomic E-state index is 13.6. The molecule has 6 heteroatoms. The van der Waals surface area contributed by atoms with E-state index in [9.17, 15) is 9.59 Å². The molecule has 0 saturated heterocycles. The van der Waals surface area contributed by atoms with Crippen LogP contribution in [-0.4, -0.2) is 23.8 Å². The molecule has 180 valence electrons. The molecule has 2 amide bonds. The van der Waals surface area contributed by atoms with Gasteiger partial charge >= 0.3 is 0 Å². The molecule has 3 aromatic carbocycles. The number of carbonyl (C=O) groups excluding carboxylic acids is 2. The molecule has 36 heavy (non-hydrogen) atoms. The van der Waals surface area contributed by atoms with Crippen molar-refractivity contribution in [1.29, 1.82) is 5.26 Å². The Balaban J connectivity index is 1.59. The molecule has 0 aliphatic carbocycles. The summed E-state index contributed by atoms with van der Waals surface area (Å²) in [5.74, 6) is 0.488. The molecule has 0 atom stereocenters. The third-order valence-corrected chi connectivity index (χ3v) is 5.94. The minimum Gasteiger partial charge on any atom is -0.467 e. The Morgan fingerprint density at radius 3 is 2.31 bits per heavy atom. The predicted octanol–water partition coefficient (Wildman–Crippen LogP) is 5.51. The molecule has 0 aliphatic rings. The van der Waals surface area contributed by atoms with Gasteiger partial charge in [-0.1, -0.05) is 42.0 Å². The van der Waals surface area contributed by atoms with Crippen molar-refractivity contribution < 1.29 is 14.0 Å². The average Bonchev–Trinajstić information content (AvgIpc) is 3.41. The SMILES string of the molecule is Cc1ccc(CN(C(=O)c2ccc(C#N)cc2)c2cccc(CC(=O)N(C)Cc3ccco3)c2)cc1. The van der Waals surface area contributed by atoms with E-state index in [-0.39, 0.29) is 18.2 Å². The van der Waals surface area contributed by atoms with Crippen LogP contribution in [0.4, 0.5) is 5.69 Å². The van der Waals surface area contributed by atoms with Gasteiger partial charge in [0, 0.05) is 18.3 Å². The number of nitrogens with zero attached hydrogens (tertiary/aromatic N) is 3. The summed E-state index contributed by atoms with van der Waals surface area (Å²) in [6.07, 6.45) is 1.79. The van der Waals surface area contributed by atoms with Crippen LogP contribution in [0.1, 0.15) is 38.4 Å². The Kier molecular flexibility index (Phi) is 7.62. The maximum absolute atomic E-state index is 13.6. The molecule has 0 fully saturated rings. The number of hydrogen-bond acceptors (Lipinski definition) is 4. The minimum absolute atomic E-state index is 0.0490. The lowest BCUT2D eigenvalue weighted by atomic mass is 10.1. The highest BCUT2D eigenvalue weighted by molar-refractivity contribution is 6.06. The molecule has 0 saturated carbocycles. The zero-order valence-electron chi connectivity index (χ0n) is 20.3. The van der Waals surface area contributed by atoms with Gasteiger partial charge in [-0.25, -0.2) is 0 Å². The zero-order valence-corrected chi connectivity index (χ0v) is 20.3. The predicted molar refractivity (Wildman–Crippen MR) is 138 cm³/mol. The summed E-state index contributed by atoms with van der Waals surface area (Å²) in [4.78, 5) is 29.8. The van der Waals surface area contributed by atoms with Crippen molar-refractivity contribution in [3.05, 3.63) is 125 Å². The molecule has 0 aliphatic heterocycles. The number of nitriles is 1. The van der Waals surface area contributed by atoms with Crippen LogP contribution in [0.2, 0.25) is 0 Å². The number of anilines is 1. The summed E-state index contributed by atoms with van der Waals surface area (Å²) in [6.45, 7) is 2.78. The lowest BCUT2D eigenvalue weighted by Crippen LogP contribution is -2.31. The van der Waals surface area contributed by atoms with E-state index in [1.165, 1.54) is 0 Å². The van der Waals surface area contributed by atoms with Gasteiger partial charge in [-0.15, -0.1) is 0 Å². The summed E-state index contributed by atoms with van der Waals surface area (Å²) in [5.41, 5.74) is 4.62. The van der Waals surface area contributed by atoms with Gasteiger partial charge in [-0.3, -0.25) is 9.59 Å². The fourth-order valence-electron chi connectivity index (χ4n) is 3.87. The highest BCUT2D eigenvalue weighted by Gasteiger charge is 2.20. The third kappa shape index (κ3) is 6.08. The second-order valence-corrected chi connectivity index (χ2v) is 8.74. The highest BCUT2D eigenvalue weighted by atomic mass is 16.3. The number of benzene rings is 3. The first-order valence-electron chi connectivity index (χ1n) is 11.7. The second-order valence-electron chi connectivity index (χ2n) is 8.74. The normalized spacial score (nSPS) is 10.5. The number of carbonyl (C=O) groups is 2. The largest absolute Gasteiger partial charge is 0.467 e. The first-order valence-corrected chi connectivity index (χ1v) is 11.7. The average molecular weight is 478 g/mol. The lowest BCUT2D eigenvalue weighted by Gasteiger charge is -2.24. The van der Waals surface area contributed by atoms with E-state index >= 15 is 0 Å². The number of aryl methyl sites for hydroxylation is 1. The Morgan fingerprint density at radius 2 is 1.64 bits per heavy atom. The van der Waals surface area contributed by atoms with Gasteiger partial charge in [0.2, 0.25) is 5.91 Å². The first kappa shape index (κ1) is 24.5. The number of likely N-dealkylation sites (N-methyl/N-ethyl adjacent to an activating group) is 1. The second kappa shape index (κ2) is 11.2. The van der Waals surface area contributed by atoms with E-state index < -0.39 is 0 Å². The summed E-state index contributed by atoms with van der Waals surface area (Å²) in [6, 6.07) is 27.9. The first-order chi connectivity index (χ1) is 17.4. The topological polar surface area (TPSA) is 77.5 Å². The van der Waals surface area contributed by atoms with E-state index in [0.29, 0.717) is 29.9 Å². The van der Waals surface area contributed by atoms with Crippen molar-refractivity contribution in [2.45, 2.75) is 26.4 Å². The van der Waals surface area contributed by atoms with Gasteiger partial charge in [0.05, 0.1) is 37.4 Å². The van der Waals surface area contributed by atoms with Crippen LogP contribution in [0, 0.1) is 18.3 Å². The monoisotopic (exact) mass is 477 g/mol. The van der Waals surface area contributed by atoms with Gasteiger partial charge in [0.15, 0.2) is 0 Å². The van der Waals surface area contributed by atoms with Crippen LogP contribution >= 0.6 is 0 Å².